The molecule has 3 N–H and O–H groups in total. The molecule has 0 radical (unpaired) electrons. The Balaban J connectivity index is 1.67. The van der Waals surface area contributed by atoms with Gasteiger partial charge in [0.1, 0.15) is 5.78 Å². The molecule has 1 aromatic heterocycles. The first-order chi connectivity index (χ1) is 18.9. The summed E-state index contributed by atoms with van der Waals surface area (Å²) in [5, 5.41) is 11.9. The van der Waals surface area contributed by atoms with Crippen LogP contribution in [-0.4, -0.2) is 40.9 Å². The van der Waals surface area contributed by atoms with Crippen molar-refractivity contribution in [1.82, 2.24) is 9.55 Å². The van der Waals surface area contributed by atoms with Crippen molar-refractivity contribution in [2.75, 3.05) is 19.0 Å². The summed E-state index contributed by atoms with van der Waals surface area (Å²) >= 11 is 0. The molecular formula is C30H35N5O4. The van der Waals surface area contributed by atoms with Gasteiger partial charge < -0.3 is 15.0 Å². The van der Waals surface area contributed by atoms with E-state index in [1.165, 1.54) is 6.42 Å². The summed E-state index contributed by atoms with van der Waals surface area (Å²) in [6, 6.07) is 14.1. The predicted octanol–water partition coefficient (Wildman–Crippen LogP) is 4.70. The molecule has 2 amide bonds. The second kappa shape index (κ2) is 13.2. The number of benzene rings is 2. The maximum Gasteiger partial charge on any atom is 0.257 e. The number of nitrogens with two attached hydrogens (primary N) is 1. The lowest BCUT2D eigenvalue weighted by Gasteiger charge is -2.26. The number of aryl methyl sites for hydroxylation is 1. The zero-order valence-electron chi connectivity index (χ0n) is 22.3. The van der Waals surface area contributed by atoms with Gasteiger partial charge in [-0.2, -0.15) is 5.26 Å². The number of carbonyl (C=O) groups is 3. The fraction of sp³-hybridized carbons (Fsp3) is 0.433. The Morgan fingerprint density at radius 1 is 1.15 bits per heavy atom. The van der Waals surface area contributed by atoms with Gasteiger partial charge in [-0.1, -0.05) is 25.3 Å². The van der Waals surface area contributed by atoms with Gasteiger partial charge in [0, 0.05) is 44.1 Å². The van der Waals surface area contributed by atoms with Gasteiger partial charge in [0.2, 0.25) is 11.9 Å². The van der Waals surface area contributed by atoms with Crippen LogP contribution in [0.2, 0.25) is 0 Å². The summed E-state index contributed by atoms with van der Waals surface area (Å²) in [5.74, 6) is -0.452. The Kier molecular flexibility index (Phi) is 9.45. The molecule has 3 aromatic rings. The molecular weight excluding hydrogens is 494 g/mol. The van der Waals surface area contributed by atoms with Crippen LogP contribution in [-0.2, 0) is 20.9 Å². The van der Waals surface area contributed by atoms with Crippen molar-refractivity contribution in [2.24, 2.45) is 11.7 Å². The third-order valence-corrected chi connectivity index (χ3v) is 7.45. The van der Waals surface area contributed by atoms with Crippen LogP contribution in [0.25, 0.3) is 11.0 Å². The standard InChI is InChI=1S/C30H35N5O4/c1-39-17-5-8-24(28(37)21-6-3-2-4-7-21)23-13-14-26-25(18-23)33-30(35(26)16-15-27(32)36)34-29(38)22-11-9-20(19-31)10-12-22/h9-14,18,21,24H,2-8,15-17H2,1H3,(H2,32,36)(H,33,34,38). The van der Waals surface area contributed by atoms with Crippen molar-refractivity contribution in [2.45, 2.75) is 63.8 Å². The Morgan fingerprint density at radius 3 is 2.56 bits per heavy atom. The number of ether oxygens (including phenoxy) is 1. The number of amides is 2. The quantitative estimate of drug-likeness (QED) is 0.326. The van der Waals surface area contributed by atoms with Crippen molar-refractivity contribution in [3.63, 3.8) is 0 Å². The lowest BCUT2D eigenvalue weighted by atomic mass is 9.78. The van der Waals surface area contributed by atoms with E-state index in [-0.39, 0.29) is 42.4 Å². The zero-order chi connectivity index (χ0) is 27.8. The Bertz CT molecular complexity index is 1370. The molecule has 1 unspecified atom stereocenters. The second-order valence-corrected chi connectivity index (χ2v) is 10.1. The van der Waals surface area contributed by atoms with Gasteiger partial charge in [-0.15, -0.1) is 0 Å². The summed E-state index contributed by atoms with van der Waals surface area (Å²) in [7, 11) is 1.66. The van der Waals surface area contributed by atoms with E-state index in [1.54, 1.807) is 35.9 Å². The highest BCUT2D eigenvalue weighted by Gasteiger charge is 2.29. The summed E-state index contributed by atoms with van der Waals surface area (Å²) in [6.07, 6.45) is 6.79. The highest BCUT2D eigenvalue weighted by Crippen LogP contribution is 2.34. The van der Waals surface area contributed by atoms with Crippen LogP contribution in [0.15, 0.2) is 42.5 Å². The number of carbonyl (C=O) groups excluding carboxylic acids is 3. The van der Waals surface area contributed by atoms with E-state index in [0.717, 1.165) is 43.2 Å². The normalized spacial score (nSPS) is 14.6. The van der Waals surface area contributed by atoms with Gasteiger partial charge in [0.05, 0.1) is 22.7 Å². The second-order valence-electron chi connectivity index (χ2n) is 10.1. The van der Waals surface area contributed by atoms with Crippen molar-refractivity contribution >= 4 is 34.6 Å². The highest BCUT2D eigenvalue weighted by atomic mass is 16.5. The number of aromatic nitrogens is 2. The number of nitrogens with zero attached hydrogens (tertiary/aromatic N) is 3. The maximum atomic E-state index is 13.6. The Morgan fingerprint density at radius 2 is 1.90 bits per heavy atom. The molecule has 1 aliphatic rings. The van der Waals surface area contributed by atoms with Crippen molar-refractivity contribution in [3.05, 3.63) is 59.2 Å². The lowest BCUT2D eigenvalue weighted by Crippen LogP contribution is -2.24. The molecule has 1 saturated carbocycles. The van der Waals surface area contributed by atoms with Crippen LogP contribution in [0, 0.1) is 17.2 Å². The van der Waals surface area contributed by atoms with Crippen LogP contribution >= 0.6 is 0 Å². The minimum Gasteiger partial charge on any atom is -0.385 e. The molecule has 39 heavy (non-hydrogen) atoms. The van der Waals surface area contributed by atoms with Crippen LogP contribution < -0.4 is 11.1 Å². The van der Waals surface area contributed by atoms with Gasteiger partial charge in [-0.3, -0.25) is 19.7 Å². The highest BCUT2D eigenvalue weighted by molar-refractivity contribution is 6.04. The fourth-order valence-corrected chi connectivity index (χ4v) is 5.35. The van der Waals surface area contributed by atoms with Crippen molar-refractivity contribution in [1.29, 1.82) is 5.26 Å². The molecule has 2 aromatic carbocycles. The number of hydrogen-bond acceptors (Lipinski definition) is 6. The molecule has 1 heterocycles. The Labute approximate surface area is 228 Å². The average Bonchev–Trinajstić information content (AvgIpc) is 3.30. The summed E-state index contributed by atoms with van der Waals surface area (Å²) in [6.45, 7) is 0.830. The zero-order valence-corrected chi connectivity index (χ0v) is 22.3. The van der Waals surface area contributed by atoms with E-state index in [0.29, 0.717) is 29.7 Å². The predicted molar refractivity (Wildman–Crippen MR) is 148 cm³/mol. The number of rotatable bonds is 12. The SMILES string of the molecule is COCCCC(C(=O)C1CCCCC1)c1ccc2c(c1)nc(NC(=O)c1ccc(C#N)cc1)n2CCC(N)=O. The molecule has 0 spiro atoms. The number of anilines is 1. The first kappa shape index (κ1) is 28.0. The number of nitrogens with one attached hydrogen (secondary N) is 1. The van der Waals surface area contributed by atoms with Crippen LogP contribution in [0.4, 0.5) is 5.95 Å². The van der Waals surface area contributed by atoms with E-state index in [2.05, 4.69) is 5.32 Å². The Hall–Kier alpha value is -4.03. The molecule has 1 fully saturated rings. The number of primary amides is 1. The van der Waals surface area contributed by atoms with E-state index in [4.69, 9.17) is 20.7 Å². The molecule has 0 aliphatic heterocycles. The summed E-state index contributed by atoms with van der Waals surface area (Å²) in [5.41, 5.74) is 8.50. The van der Waals surface area contributed by atoms with Gasteiger partial charge in [-0.25, -0.2) is 4.98 Å². The largest absolute Gasteiger partial charge is 0.385 e. The first-order valence-corrected chi connectivity index (χ1v) is 13.5. The first-order valence-electron chi connectivity index (χ1n) is 13.5. The molecule has 0 bridgehead atoms. The molecule has 4 rings (SSSR count). The van der Waals surface area contributed by atoms with Gasteiger partial charge >= 0.3 is 0 Å². The molecule has 204 valence electrons. The van der Waals surface area contributed by atoms with Gasteiger partial charge in [-0.05, 0) is 67.6 Å². The van der Waals surface area contributed by atoms with E-state index in [1.807, 2.05) is 24.3 Å². The van der Waals surface area contributed by atoms with Crippen LogP contribution in [0.3, 0.4) is 0 Å². The van der Waals surface area contributed by atoms with Crippen molar-refractivity contribution in [3.8, 4) is 6.07 Å². The molecule has 0 saturated heterocycles. The number of ketones is 1. The lowest BCUT2D eigenvalue weighted by molar-refractivity contribution is -0.125. The monoisotopic (exact) mass is 529 g/mol. The van der Waals surface area contributed by atoms with E-state index >= 15 is 0 Å². The van der Waals surface area contributed by atoms with E-state index < -0.39 is 5.91 Å². The molecule has 9 nitrogen and oxygen atoms in total. The van der Waals surface area contributed by atoms with Crippen LogP contribution in [0.5, 0.6) is 0 Å². The minimum atomic E-state index is -0.464. The smallest absolute Gasteiger partial charge is 0.257 e. The molecule has 1 aliphatic carbocycles. The van der Waals surface area contributed by atoms with Crippen LogP contribution in [0.1, 0.15) is 78.8 Å². The van der Waals surface area contributed by atoms with Gasteiger partial charge in [0.25, 0.3) is 5.91 Å². The third-order valence-electron chi connectivity index (χ3n) is 7.45. The molecule has 9 heteroatoms. The maximum absolute atomic E-state index is 13.6. The third kappa shape index (κ3) is 6.89. The topological polar surface area (TPSA) is 140 Å². The fourth-order valence-electron chi connectivity index (χ4n) is 5.35. The molecule has 1 atom stereocenters. The minimum absolute atomic E-state index is 0.0761. The van der Waals surface area contributed by atoms with Crippen molar-refractivity contribution < 1.29 is 19.1 Å². The number of fused-ring (bicyclic) bond motifs is 1. The van der Waals surface area contributed by atoms with Gasteiger partial charge in [0.15, 0.2) is 0 Å². The summed E-state index contributed by atoms with van der Waals surface area (Å²) in [4.78, 5) is 42.9. The van der Waals surface area contributed by atoms with E-state index in [9.17, 15) is 14.4 Å². The number of methoxy groups -OCH3 is 1. The number of hydrogen-bond donors (Lipinski definition) is 2. The number of nitriles is 1. The summed E-state index contributed by atoms with van der Waals surface area (Å²) < 4.78 is 7.01. The average molecular weight is 530 g/mol. The number of imidazole rings is 1. The number of Topliss-reactive ketones (excluding diaryl/α,β-unsaturated/α-hetero) is 1.